The fourth-order valence-corrected chi connectivity index (χ4v) is 6.15. The quantitative estimate of drug-likeness (QED) is 0.907. The van der Waals surface area contributed by atoms with Crippen LogP contribution in [0.3, 0.4) is 0 Å². The van der Waals surface area contributed by atoms with Crippen molar-refractivity contribution in [2.45, 2.75) is 48.2 Å². The molecule has 2 saturated heterocycles. The number of aliphatic hydroxyl groups is 1. The molecule has 2 fully saturated rings. The molecular formula is C15H20O4S. The Morgan fingerprint density at radius 1 is 1.25 bits per heavy atom. The van der Waals surface area contributed by atoms with Crippen LogP contribution in [0.15, 0.2) is 24.3 Å². The summed E-state index contributed by atoms with van der Waals surface area (Å²) in [4.78, 5) is 0. The maximum Gasteiger partial charge on any atom is 0.156 e. The molecule has 20 heavy (non-hydrogen) atoms. The standard InChI is InChI=1S/C15H20O4S/c1-19-12-5-2-4-11(8-12)15(16)9-13-6-3-7-14(10-15)20(13,17)18/h2,4-5,8,13-14,16H,3,6-7,9-10H2,1H3. The van der Waals surface area contributed by atoms with Crippen LogP contribution in [-0.2, 0) is 15.4 Å². The lowest BCUT2D eigenvalue weighted by Crippen LogP contribution is -2.50. The van der Waals surface area contributed by atoms with Crippen LogP contribution in [0.5, 0.6) is 5.75 Å². The fraction of sp³-hybridized carbons (Fsp3) is 0.600. The second-order valence-electron chi connectivity index (χ2n) is 5.94. The van der Waals surface area contributed by atoms with Crippen LogP contribution < -0.4 is 4.74 Å². The van der Waals surface area contributed by atoms with Gasteiger partial charge < -0.3 is 9.84 Å². The number of rotatable bonds is 2. The molecule has 2 aliphatic rings. The van der Waals surface area contributed by atoms with Crippen molar-refractivity contribution in [1.82, 2.24) is 0 Å². The predicted molar refractivity (Wildman–Crippen MR) is 76.5 cm³/mol. The number of hydrogen-bond acceptors (Lipinski definition) is 4. The summed E-state index contributed by atoms with van der Waals surface area (Å²) in [5.41, 5.74) is -0.279. The Morgan fingerprint density at radius 3 is 2.50 bits per heavy atom. The van der Waals surface area contributed by atoms with Gasteiger partial charge in [0.25, 0.3) is 0 Å². The van der Waals surface area contributed by atoms with E-state index in [0.717, 1.165) is 12.0 Å². The summed E-state index contributed by atoms with van der Waals surface area (Å²) in [7, 11) is -1.46. The highest BCUT2D eigenvalue weighted by molar-refractivity contribution is 7.92. The van der Waals surface area contributed by atoms with Crippen molar-refractivity contribution in [2.24, 2.45) is 0 Å². The first kappa shape index (κ1) is 13.9. The van der Waals surface area contributed by atoms with Gasteiger partial charge in [-0.1, -0.05) is 18.6 Å². The fourth-order valence-electron chi connectivity index (χ4n) is 3.60. The monoisotopic (exact) mass is 296 g/mol. The van der Waals surface area contributed by atoms with Gasteiger partial charge in [0.05, 0.1) is 23.2 Å². The molecule has 0 spiro atoms. The first-order valence-corrected chi connectivity index (χ1v) is 8.66. The van der Waals surface area contributed by atoms with Crippen LogP contribution in [0.4, 0.5) is 0 Å². The zero-order valence-corrected chi connectivity index (χ0v) is 12.4. The van der Waals surface area contributed by atoms with Crippen molar-refractivity contribution in [3.8, 4) is 5.75 Å². The summed E-state index contributed by atoms with van der Waals surface area (Å²) in [5, 5.41) is 10.2. The predicted octanol–water partition coefficient (Wildman–Crippen LogP) is 2.01. The summed E-state index contributed by atoms with van der Waals surface area (Å²) in [5.74, 6) is 0.689. The molecule has 2 bridgehead atoms. The molecular weight excluding hydrogens is 276 g/mol. The molecule has 110 valence electrons. The average molecular weight is 296 g/mol. The largest absolute Gasteiger partial charge is 0.497 e. The van der Waals surface area contributed by atoms with Gasteiger partial charge in [0.15, 0.2) is 9.84 Å². The third-order valence-electron chi connectivity index (χ3n) is 4.72. The Hall–Kier alpha value is -1.07. The van der Waals surface area contributed by atoms with Crippen molar-refractivity contribution in [3.05, 3.63) is 29.8 Å². The second-order valence-corrected chi connectivity index (χ2v) is 8.45. The number of sulfone groups is 1. The van der Waals surface area contributed by atoms with Crippen LogP contribution in [0.25, 0.3) is 0 Å². The Balaban J connectivity index is 1.97. The molecule has 2 atom stereocenters. The molecule has 1 aromatic carbocycles. The van der Waals surface area contributed by atoms with E-state index in [0.29, 0.717) is 31.4 Å². The van der Waals surface area contributed by atoms with E-state index in [1.165, 1.54) is 0 Å². The molecule has 0 aliphatic carbocycles. The number of hydrogen-bond donors (Lipinski definition) is 1. The minimum absolute atomic E-state index is 0.305. The van der Waals surface area contributed by atoms with Gasteiger partial charge in [-0.3, -0.25) is 0 Å². The smallest absolute Gasteiger partial charge is 0.156 e. The summed E-state index contributed by atoms with van der Waals surface area (Å²) in [6.07, 6.45) is 2.90. The SMILES string of the molecule is COc1cccc(C2(O)CC3CCCC(C2)S3(=O)=O)c1. The highest BCUT2D eigenvalue weighted by Gasteiger charge is 2.50. The Kier molecular flexibility index (Phi) is 3.29. The van der Waals surface area contributed by atoms with Crippen LogP contribution in [0.1, 0.15) is 37.7 Å². The number of methoxy groups -OCH3 is 1. The Morgan fingerprint density at radius 2 is 1.90 bits per heavy atom. The molecule has 2 unspecified atom stereocenters. The van der Waals surface area contributed by atoms with Crippen LogP contribution in [-0.4, -0.2) is 31.1 Å². The minimum atomic E-state index is -3.05. The lowest BCUT2D eigenvalue weighted by Gasteiger charge is -2.44. The lowest BCUT2D eigenvalue weighted by molar-refractivity contribution is 0.00484. The van der Waals surface area contributed by atoms with E-state index in [1.54, 1.807) is 7.11 Å². The van der Waals surface area contributed by atoms with Gasteiger partial charge in [-0.2, -0.15) is 0 Å². The molecule has 0 amide bonds. The maximum absolute atomic E-state index is 12.3. The van der Waals surface area contributed by atoms with Gasteiger partial charge in [-0.05, 0) is 43.4 Å². The molecule has 5 heteroatoms. The topological polar surface area (TPSA) is 63.6 Å². The Bertz CT molecular complexity index is 588. The summed E-state index contributed by atoms with van der Waals surface area (Å²) in [6.45, 7) is 0. The van der Waals surface area contributed by atoms with Crippen LogP contribution >= 0.6 is 0 Å². The number of fused-ring (bicyclic) bond motifs is 2. The van der Waals surface area contributed by atoms with E-state index in [-0.39, 0.29) is 0 Å². The van der Waals surface area contributed by atoms with Gasteiger partial charge in [0, 0.05) is 0 Å². The second kappa shape index (κ2) is 4.74. The normalized spacial score (nSPS) is 35.5. The van der Waals surface area contributed by atoms with E-state index in [9.17, 15) is 13.5 Å². The molecule has 3 rings (SSSR count). The first-order valence-electron chi connectivity index (χ1n) is 7.05. The van der Waals surface area contributed by atoms with Gasteiger partial charge in [-0.25, -0.2) is 8.42 Å². The van der Waals surface area contributed by atoms with Crippen molar-refractivity contribution < 1.29 is 18.3 Å². The third kappa shape index (κ3) is 2.13. The summed E-state index contributed by atoms with van der Waals surface area (Å²) < 4.78 is 29.8. The maximum atomic E-state index is 12.3. The van der Waals surface area contributed by atoms with Gasteiger partial charge in [-0.15, -0.1) is 0 Å². The van der Waals surface area contributed by atoms with Crippen LogP contribution in [0, 0.1) is 0 Å². The zero-order valence-electron chi connectivity index (χ0n) is 11.6. The molecule has 2 aliphatic heterocycles. The molecule has 0 saturated carbocycles. The molecule has 2 heterocycles. The highest BCUT2D eigenvalue weighted by Crippen LogP contribution is 2.46. The van der Waals surface area contributed by atoms with E-state index >= 15 is 0 Å². The number of benzene rings is 1. The van der Waals surface area contributed by atoms with E-state index in [4.69, 9.17) is 4.74 Å². The zero-order chi connectivity index (χ0) is 14.4. The average Bonchev–Trinajstić information content (AvgIpc) is 2.41. The van der Waals surface area contributed by atoms with Gasteiger partial charge >= 0.3 is 0 Å². The summed E-state index contributed by atoms with van der Waals surface area (Å²) >= 11 is 0. The minimum Gasteiger partial charge on any atom is -0.497 e. The molecule has 1 aromatic rings. The van der Waals surface area contributed by atoms with Crippen LogP contribution in [0.2, 0.25) is 0 Å². The lowest BCUT2D eigenvalue weighted by atomic mass is 9.80. The van der Waals surface area contributed by atoms with Gasteiger partial charge in [0.2, 0.25) is 0 Å². The molecule has 0 radical (unpaired) electrons. The molecule has 0 aromatic heterocycles. The van der Waals surface area contributed by atoms with Crippen molar-refractivity contribution >= 4 is 9.84 Å². The van der Waals surface area contributed by atoms with Gasteiger partial charge in [0.1, 0.15) is 5.75 Å². The van der Waals surface area contributed by atoms with Crippen molar-refractivity contribution in [2.75, 3.05) is 7.11 Å². The van der Waals surface area contributed by atoms with E-state index in [1.807, 2.05) is 24.3 Å². The van der Waals surface area contributed by atoms with Crippen molar-refractivity contribution in [1.29, 1.82) is 0 Å². The van der Waals surface area contributed by atoms with E-state index < -0.39 is 25.9 Å². The van der Waals surface area contributed by atoms with E-state index in [2.05, 4.69) is 0 Å². The third-order valence-corrected chi connectivity index (χ3v) is 7.38. The summed E-state index contributed by atoms with van der Waals surface area (Å²) in [6, 6.07) is 7.34. The van der Waals surface area contributed by atoms with Crippen molar-refractivity contribution in [3.63, 3.8) is 0 Å². The molecule has 4 nitrogen and oxygen atoms in total. The Labute approximate surface area is 119 Å². The number of ether oxygens (including phenoxy) is 1. The molecule has 1 N–H and O–H groups in total. The first-order chi connectivity index (χ1) is 9.45. The highest BCUT2D eigenvalue weighted by atomic mass is 32.2.